The van der Waals surface area contributed by atoms with E-state index >= 15 is 0 Å². The van der Waals surface area contributed by atoms with Gasteiger partial charge < -0.3 is 5.73 Å². The maximum atomic E-state index is 5.33. The number of hydrogen-bond donors (Lipinski definition) is 1. The molecule has 0 aromatic carbocycles. The van der Waals surface area contributed by atoms with Crippen LogP contribution in [-0.2, 0) is 0 Å². The molecule has 0 amide bonds. The summed E-state index contributed by atoms with van der Waals surface area (Å²) >= 11 is 0. The summed E-state index contributed by atoms with van der Waals surface area (Å²) in [5, 5.41) is 0. The number of allylic oxidation sites excluding steroid dienone is 4. The first-order valence-electron chi connectivity index (χ1n) is 3.91. The van der Waals surface area contributed by atoms with Crippen LogP contribution >= 0.6 is 0 Å². The average molecular weight is 151 g/mol. The molecule has 0 saturated heterocycles. The van der Waals surface area contributed by atoms with Gasteiger partial charge in [0.15, 0.2) is 0 Å². The van der Waals surface area contributed by atoms with Gasteiger partial charge in [0.25, 0.3) is 0 Å². The minimum absolute atomic E-state index is 0.538. The number of hydrogen-bond acceptors (Lipinski definition) is 1. The van der Waals surface area contributed by atoms with Gasteiger partial charge in [-0.2, -0.15) is 0 Å². The fraction of sp³-hybridized carbons (Fsp3) is 0.400. The fourth-order valence-electron chi connectivity index (χ4n) is 0.781. The van der Waals surface area contributed by atoms with E-state index in [9.17, 15) is 0 Å². The third-order valence-corrected chi connectivity index (χ3v) is 1.42. The second kappa shape index (κ2) is 5.93. The Labute approximate surface area is 69.3 Å². The van der Waals surface area contributed by atoms with Gasteiger partial charge >= 0.3 is 0 Å². The SMILES string of the molecule is C=C/C=C(\C=C/CN)C(C)C. The highest BCUT2D eigenvalue weighted by atomic mass is 14.5. The Hall–Kier alpha value is -0.820. The Morgan fingerprint density at radius 1 is 1.55 bits per heavy atom. The molecule has 0 fully saturated rings. The Morgan fingerprint density at radius 2 is 2.18 bits per heavy atom. The molecule has 0 bridgehead atoms. The molecule has 62 valence electrons. The minimum atomic E-state index is 0.538. The predicted molar refractivity (Wildman–Crippen MR) is 51.3 cm³/mol. The van der Waals surface area contributed by atoms with E-state index in [0.29, 0.717) is 12.5 Å². The molecular weight excluding hydrogens is 134 g/mol. The van der Waals surface area contributed by atoms with E-state index in [1.165, 1.54) is 5.57 Å². The smallest absolute Gasteiger partial charge is 0.0110 e. The van der Waals surface area contributed by atoms with Gasteiger partial charge in [0.1, 0.15) is 0 Å². The van der Waals surface area contributed by atoms with Crippen molar-refractivity contribution < 1.29 is 0 Å². The Balaban J connectivity index is 4.22. The average Bonchev–Trinajstić information content (AvgIpc) is 1.97. The zero-order chi connectivity index (χ0) is 8.69. The van der Waals surface area contributed by atoms with Gasteiger partial charge in [-0.3, -0.25) is 0 Å². The van der Waals surface area contributed by atoms with Crippen molar-refractivity contribution in [3.05, 3.63) is 36.5 Å². The quantitative estimate of drug-likeness (QED) is 0.613. The van der Waals surface area contributed by atoms with Crippen LogP contribution < -0.4 is 5.73 Å². The van der Waals surface area contributed by atoms with Gasteiger partial charge in [-0.25, -0.2) is 0 Å². The highest BCUT2D eigenvalue weighted by Crippen LogP contribution is 2.10. The van der Waals surface area contributed by atoms with Crippen molar-refractivity contribution in [3.63, 3.8) is 0 Å². The van der Waals surface area contributed by atoms with Crippen LogP contribution in [0.15, 0.2) is 36.5 Å². The molecule has 0 heterocycles. The van der Waals surface area contributed by atoms with Crippen LogP contribution in [0.5, 0.6) is 0 Å². The monoisotopic (exact) mass is 151 g/mol. The van der Waals surface area contributed by atoms with Crippen molar-refractivity contribution in [2.75, 3.05) is 6.54 Å². The lowest BCUT2D eigenvalue weighted by Gasteiger charge is -2.03. The zero-order valence-electron chi connectivity index (χ0n) is 7.38. The molecule has 0 aromatic heterocycles. The van der Waals surface area contributed by atoms with E-state index in [-0.39, 0.29) is 0 Å². The van der Waals surface area contributed by atoms with Crippen LogP contribution in [0, 0.1) is 5.92 Å². The third kappa shape index (κ3) is 4.57. The summed E-state index contributed by atoms with van der Waals surface area (Å²) in [5.41, 5.74) is 6.60. The first-order valence-corrected chi connectivity index (χ1v) is 3.91. The lowest BCUT2D eigenvalue weighted by atomic mass is 10.0. The highest BCUT2D eigenvalue weighted by molar-refractivity contribution is 5.24. The minimum Gasteiger partial charge on any atom is -0.327 e. The summed E-state index contributed by atoms with van der Waals surface area (Å²) in [6.07, 6.45) is 7.81. The standard InChI is InChI=1S/C10H17N/c1-4-6-10(9(2)3)7-5-8-11/h4-7,9H,1,8,11H2,2-3H3/b7-5-,10-6+. The van der Waals surface area contributed by atoms with E-state index in [1.807, 2.05) is 18.2 Å². The molecule has 0 aliphatic carbocycles. The Bertz CT molecular complexity index is 164. The molecule has 0 saturated carbocycles. The predicted octanol–water partition coefficient (Wildman–Crippen LogP) is 2.27. The first kappa shape index (κ1) is 10.2. The molecule has 0 atom stereocenters. The van der Waals surface area contributed by atoms with Crippen molar-refractivity contribution in [1.29, 1.82) is 0 Å². The molecule has 2 N–H and O–H groups in total. The van der Waals surface area contributed by atoms with Crippen molar-refractivity contribution >= 4 is 0 Å². The van der Waals surface area contributed by atoms with Crippen LogP contribution in [0.4, 0.5) is 0 Å². The van der Waals surface area contributed by atoms with Gasteiger partial charge in [-0.15, -0.1) is 0 Å². The van der Waals surface area contributed by atoms with Crippen LogP contribution in [0.3, 0.4) is 0 Å². The summed E-state index contributed by atoms with van der Waals surface area (Å²) in [7, 11) is 0. The normalized spacial score (nSPS) is 12.9. The molecule has 0 aliphatic rings. The summed E-state index contributed by atoms with van der Waals surface area (Å²) in [4.78, 5) is 0. The third-order valence-electron chi connectivity index (χ3n) is 1.42. The second-order valence-corrected chi connectivity index (χ2v) is 2.70. The Kier molecular flexibility index (Phi) is 5.49. The van der Waals surface area contributed by atoms with Gasteiger partial charge in [0, 0.05) is 6.54 Å². The largest absolute Gasteiger partial charge is 0.327 e. The Morgan fingerprint density at radius 3 is 2.55 bits per heavy atom. The van der Waals surface area contributed by atoms with Crippen molar-refractivity contribution in [2.45, 2.75) is 13.8 Å². The molecule has 1 nitrogen and oxygen atoms in total. The van der Waals surface area contributed by atoms with Crippen LogP contribution in [0.1, 0.15) is 13.8 Å². The van der Waals surface area contributed by atoms with E-state index in [0.717, 1.165) is 0 Å². The number of rotatable bonds is 4. The van der Waals surface area contributed by atoms with Crippen molar-refractivity contribution in [1.82, 2.24) is 0 Å². The van der Waals surface area contributed by atoms with E-state index in [1.54, 1.807) is 6.08 Å². The molecule has 0 aliphatic heterocycles. The molecule has 11 heavy (non-hydrogen) atoms. The van der Waals surface area contributed by atoms with Gasteiger partial charge in [-0.1, -0.05) is 44.7 Å². The highest BCUT2D eigenvalue weighted by Gasteiger charge is 1.95. The zero-order valence-corrected chi connectivity index (χ0v) is 7.38. The van der Waals surface area contributed by atoms with E-state index in [2.05, 4.69) is 20.4 Å². The summed E-state index contributed by atoms with van der Waals surface area (Å²) in [6.45, 7) is 8.55. The molecule has 0 aromatic rings. The van der Waals surface area contributed by atoms with Gasteiger partial charge in [0.2, 0.25) is 0 Å². The number of nitrogens with two attached hydrogens (primary N) is 1. The van der Waals surface area contributed by atoms with Crippen molar-refractivity contribution in [2.24, 2.45) is 11.7 Å². The molecule has 1 heteroatoms. The van der Waals surface area contributed by atoms with Gasteiger partial charge in [-0.05, 0) is 11.5 Å². The second-order valence-electron chi connectivity index (χ2n) is 2.70. The fourth-order valence-corrected chi connectivity index (χ4v) is 0.781. The van der Waals surface area contributed by atoms with Crippen LogP contribution in [-0.4, -0.2) is 6.54 Å². The van der Waals surface area contributed by atoms with E-state index < -0.39 is 0 Å². The topological polar surface area (TPSA) is 26.0 Å². The summed E-state index contributed by atoms with van der Waals surface area (Å²) in [6, 6.07) is 0. The lowest BCUT2D eigenvalue weighted by Crippen LogP contribution is -1.95. The maximum Gasteiger partial charge on any atom is 0.0110 e. The molecular formula is C10H17N. The molecule has 0 radical (unpaired) electrons. The molecule has 0 unspecified atom stereocenters. The maximum absolute atomic E-state index is 5.33. The molecule has 0 spiro atoms. The van der Waals surface area contributed by atoms with E-state index in [4.69, 9.17) is 5.73 Å². The summed E-state index contributed by atoms with van der Waals surface area (Å²) in [5.74, 6) is 0.538. The van der Waals surface area contributed by atoms with Gasteiger partial charge in [0.05, 0.1) is 0 Å². The molecule has 0 rings (SSSR count). The lowest BCUT2D eigenvalue weighted by molar-refractivity contribution is 0.791. The summed E-state index contributed by atoms with van der Waals surface area (Å²) < 4.78 is 0. The van der Waals surface area contributed by atoms with Crippen LogP contribution in [0.2, 0.25) is 0 Å². The van der Waals surface area contributed by atoms with Crippen LogP contribution in [0.25, 0.3) is 0 Å². The van der Waals surface area contributed by atoms with Crippen molar-refractivity contribution in [3.8, 4) is 0 Å². The first-order chi connectivity index (χ1) is 5.22.